The Hall–Kier alpha value is -5.76. The van der Waals surface area contributed by atoms with Gasteiger partial charge in [-0.2, -0.15) is 17.6 Å². The Kier molecular flexibility index (Phi) is 21.8. The molecule has 0 heterocycles. The van der Waals surface area contributed by atoms with Gasteiger partial charge < -0.3 is 19.3 Å². The van der Waals surface area contributed by atoms with Crippen molar-refractivity contribution >= 4 is 55.2 Å². The van der Waals surface area contributed by atoms with Crippen molar-refractivity contribution in [3.8, 4) is 0 Å². The number of halogens is 4. The highest BCUT2D eigenvalue weighted by Gasteiger charge is 2.58. The molecule has 7 nitrogen and oxygen atoms in total. The van der Waals surface area contributed by atoms with Crippen molar-refractivity contribution in [2.45, 2.75) is 165 Å². The van der Waals surface area contributed by atoms with Gasteiger partial charge in [0.25, 0.3) is 0 Å². The first-order valence-corrected chi connectivity index (χ1v) is 32.3. The van der Waals surface area contributed by atoms with Gasteiger partial charge in [0.15, 0.2) is 29.4 Å². The predicted molar refractivity (Wildman–Crippen MR) is 333 cm³/mol. The second-order valence-corrected chi connectivity index (χ2v) is 29.1. The fraction of sp³-hybridized carbons (Fsp3) is 0.443. The molecular formula is C70H82B2F4O7S2+2. The van der Waals surface area contributed by atoms with E-state index in [-0.39, 0.29) is 58.4 Å². The highest BCUT2D eigenvalue weighted by atomic mass is 32.2. The number of esters is 3. The highest BCUT2D eigenvalue weighted by molar-refractivity contribution is 7.97. The van der Waals surface area contributed by atoms with Crippen LogP contribution in [0.25, 0.3) is 0 Å². The Labute approximate surface area is 509 Å². The first-order chi connectivity index (χ1) is 40.5. The minimum Gasteiger partial charge on any atom is -0.462 e. The highest BCUT2D eigenvalue weighted by Crippen LogP contribution is 2.62. The summed E-state index contributed by atoms with van der Waals surface area (Å²) >= 11 is 0. The molecule has 0 aliphatic heterocycles. The molecule has 6 aromatic rings. The number of carbonyl (C=O) groups excluding carboxylic acids is 3. The van der Waals surface area contributed by atoms with Crippen molar-refractivity contribution in [3.05, 3.63) is 180 Å². The Morgan fingerprint density at radius 1 is 0.459 bits per heavy atom. The van der Waals surface area contributed by atoms with Crippen LogP contribution in [-0.4, -0.2) is 75.8 Å². The van der Waals surface area contributed by atoms with E-state index in [2.05, 4.69) is 206 Å². The van der Waals surface area contributed by atoms with Gasteiger partial charge in [-0.05, 0) is 207 Å². The van der Waals surface area contributed by atoms with Crippen LogP contribution < -0.4 is 0 Å². The third-order valence-corrected chi connectivity index (χ3v) is 21.8. The van der Waals surface area contributed by atoms with E-state index in [4.69, 9.17) is 9.47 Å². The lowest BCUT2D eigenvalue weighted by Gasteiger charge is -2.59. The van der Waals surface area contributed by atoms with Gasteiger partial charge in [-0.1, -0.05) is 107 Å². The quantitative estimate of drug-likeness (QED) is 0.0290. The van der Waals surface area contributed by atoms with Gasteiger partial charge in [-0.15, -0.1) is 0 Å². The number of hydrogen-bond acceptors (Lipinski definition) is 7. The van der Waals surface area contributed by atoms with Crippen LogP contribution in [0.2, 0.25) is 0 Å². The number of ether oxygens (including phenoxy) is 3. The van der Waals surface area contributed by atoms with Crippen LogP contribution in [-0.2, 0) is 50.4 Å². The maximum absolute atomic E-state index is 12.8. The van der Waals surface area contributed by atoms with Crippen molar-refractivity contribution in [2.75, 3.05) is 19.8 Å². The van der Waals surface area contributed by atoms with Crippen molar-refractivity contribution in [1.29, 1.82) is 0 Å². The maximum atomic E-state index is 12.8. The number of aliphatic hydroxyl groups is 1. The second kappa shape index (κ2) is 28.4. The maximum Gasteiger partial charge on any atom is 0.376 e. The van der Waals surface area contributed by atoms with Crippen LogP contribution in [0.5, 0.6) is 0 Å². The van der Waals surface area contributed by atoms with Crippen LogP contribution in [0.3, 0.4) is 0 Å². The number of rotatable bonds is 14. The van der Waals surface area contributed by atoms with Crippen molar-refractivity contribution < 1.29 is 51.3 Å². The summed E-state index contributed by atoms with van der Waals surface area (Å²) in [6, 6.07) is 57.2. The Morgan fingerprint density at radius 3 is 1.09 bits per heavy atom. The van der Waals surface area contributed by atoms with E-state index in [0.717, 1.165) is 51.4 Å². The van der Waals surface area contributed by atoms with E-state index in [1.54, 1.807) is 0 Å². The molecule has 2 unspecified atom stereocenters. The lowest BCUT2D eigenvalue weighted by Crippen LogP contribution is -2.57. The average molecular weight is 1200 g/mol. The molecular weight excluding hydrogens is 1110 g/mol. The van der Waals surface area contributed by atoms with Gasteiger partial charge in [0.05, 0.1) is 39.4 Å². The van der Waals surface area contributed by atoms with Crippen LogP contribution >= 0.6 is 0 Å². The summed E-state index contributed by atoms with van der Waals surface area (Å²) in [5.74, 6) is -7.37. The van der Waals surface area contributed by atoms with E-state index in [1.807, 2.05) is 0 Å². The summed E-state index contributed by atoms with van der Waals surface area (Å²) < 4.78 is 65.4. The summed E-state index contributed by atoms with van der Waals surface area (Å²) in [4.78, 5) is 42.8. The fourth-order valence-electron chi connectivity index (χ4n) is 14.5. The first kappa shape index (κ1) is 65.2. The predicted octanol–water partition coefficient (Wildman–Crippen LogP) is 15.0. The molecule has 8 aliphatic carbocycles. The molecule has 8 bridgehead atoms. The summed E-state index contributed by atoms with van der Waals surface area (Å²) in [7, 11) is 5.94. The Bertz CT molecular complexity index is 2920. The van der Waals surface area contributed by atoms with Crippen LogP contribution in [0.15, 0.2) is 187 Å². The molecule has 448 valence electrons. The molecule has 2 atom stereocenters. The molecule has 8 saturated carbocycles. The van der Waals surface area contributed by atoms with Crippen LogP contribution in [0, 0.1) is 68.1 Å². The van der Waals surface area contributed by atoms with E-state index < -0.39 is 29.4 Å². The van der Waals surface area contributed by atoms with Gasteiger partial charge in [-0.25, -0.2) is 9.59 Å². The number of aryl methyl sites for hydroxylation is 4. The Balaban J connectivity index is 0.000000146. The molecule has 0 saturated heterocycles. The molecule has 8 fully saturated rings. The summed E-state index contributed by atoms with van der Waals surface area (Å²) in [6.45, 7) is 9.15. The lowest BCUT2D eigenvalue weighted by atomic mass is 9.48. The van der Waals surface area contributed by atoms with E-state index in [1.165, 1.54) is 70.9 Å². The first-order valence-electron chi connectivity index (χ1n) is 29.8. The normalized spacial score (nSPS) is 24.7. The fourth-order valence-corrected chi connectivity index (χ4v) is 18.6. The zero-order valence-electron chi connectivity index (χ0n) is 50.1. The molecule has 1 N–H and O–H groups in total. The standard InChI is InChI=1S/C21H21S.C19H17S.C16H22F2O4.C14H20F2O3.B2H2/c1-16-4-10-19(11-5-16)22(20-12-6-17(2)7-13-20)21-14-8-18(3)9-15-21;1-16-12-14-19(15-13-16)20(17-8-4-2-5-9-17)18-10-6-3-7-11-18;1-15(17,18)13(19)21-2-3-22-14(20)16-7-10-4-11(8-16)6-12(5-10)9-16;1-12(15,16)11(17)19-8-13-3-9-2-10(4-13)6-14(18,5-9)7-13;1-2/h4-15H,1-3H3;2-15H,1H3;10-12H,2-9H2,1H3;9-10,18H,2-8H2,1H3;1-2H/q2*+1;;;. The molecule has 2 radical (unpaired) electrons. The molecule has 8 aliphatic rings. The number of benzene rings is 6. The zero-order chi connectivity index (χ0) is 61.2. The molecule has 0 spiro atoms. The third-order valence-electron chi connectivity index (χ3n) is 17.4. The SMILES string of the molecule is CC(F)(F)C(=O)OCC12CC3CC(CC(O)(C3)C1)C2.CC(F)(F)C(=O)OCCOC(=O)C12CC3CC(CC(C3)C1)C2.Cc1ccc([S+](c2ccc(C)cc2)c2ccc(C)cc2)cc1.Cc1ccc([S+](c2ccccc2)c2ccccc2)cc1.[BH][BH]. The number of alkyl halides is 4. The smallest absolute Gasteiger partial charge is 0.376 e. The summed E-state index contributed by atoms with van der Waals surface area (Å²) in [5.41, 5.74) is 3.94. The number of hydrogen-bond donors (Lipinski definition) is 1. The van der Waals surface area contributed by atoms with Crippen LogP contribution in [0.1, 0.15) is 113 Å². The molecule has 0 aromatic heterocycles. The van der Waals surface area contributed by atoms with Gasteiger partial charge in [0.2, 0.25) is 0 Å². The van der Waals surface area contributed by atoms with Gasteiger partial charge in [-0.3, -0.25) is 4.79 Å². The van der Waals surface area contributed by atoms with Crippen molar-refractivity contribution in [2.24, 2.45) is 40.4 Å². The van der Waals surface area contributed by atoms with Gasteiger partial charge in [0, 0.05) is 34.7 Å². The molecule has 85 heavy (non-hydrogen) atoms. The summed E-state index contributed by atoms with van der Waals surface area (Å²) in [5, 5.41) is 10.5. The van der Waals surface area contributed by atoms with Crippen molar-refractivity contribution in [1.82, 2.24) is 0 Å². The lowest BCUT2D eigenvalue weighted by molar-refractivity contribution is -0.197. The largest absolute Gasteiger partial charge is 0.462 e. The molecule has 0 amide bonds. The molecule has 14 rings (SSSR count). The molecule has 6 aromatic carbocycles. The van der Waals surface area contributed by atoms with E-state index >= 15 is 0 Å². The third kappa shape index (κ3) is 17.3. The average Bonchev–Trinajstić information content (AvgIpc) is 0.844. The monoisotopic (exact) mass is 1200 g/mol. The minimum atomic E-state index is -3.51. The topological polar surface area (TPSA) is 99.1 Å². The molecule has 15 heteroatoms. The number of carbonyl (C=O) groups is 3. The Morgan fingerprint density at radius 2 is 0.765 bits per heavy atom. The van der Waals surface area contributed by atoms with Crippen molar-refractivity contribution in [3.63, 3.8) is 0 Å². The zero-order valence-corrected chi connectivity index (χ0v) is 51.8. The van der Waals surface area contributed by atoms with Gasteiger partial charge in [0.1, 0.15) is 13.2 Å². The van der Waals surface area contributed by atoms with Crippen LogP contribution in [0.4, 0.5) is 17.6 Å². The van der Waals surface area contributed by atoms with E-state index in [0.29, 0.717) is 49.9 Å². The minimum absolute atomic E-state index is 0.0229. The van der Waals surface area contributed by atoms with E-state index in [9.17, 15) is 37.1 Å². The van der Waals surface area contributed by atoms with Gasteiger partial charge >= 0.3 is 29.8 Å². The summed E-state index contributed by atoms with van der Waals surface area (Å²) in [6.07, 6.45) is 11.5. The second-order valence-electron chi connectivity index (χ2n) is 25.0.